The number of hydrogen-bond donors (Lipinski definition) is 6. The summed E-state index contributed by atoms with van der Waals surface area (Å²) in [5.74, 6) is -4.19. The van der Waals surface area contributed by atoms with Gasteiger partial charge in [0.15, 0.2) is 6.29 Å². The molecule has 412 valence electrons. The molecule has 0 aliphatic carbocycles. The monoisotopic (exact) mass is 1020 g/mol. The molecule has 0 aromatic rings. The third-order valence-electron chi connectivity index (χ3n) is 13.0. The van der Waals surface area contributed by atoms with Crippen LogP contribution in [-0.2, 0) is 52.8 Å². The Kier molecular flexibility index (Phi) is 39.6. The van der Waals surface area contributed by atoms with Gasteiger partial charge in [0.1, 0.15) is 42.7 Å². The van der Waals surface area contributed by atoms with E-state index in [1.807, 2.05) is 0 Å². The van der Waals surface area contributed by atoms with Gasteiger partial charge in [-0.2, -0.15) is 0 Å². The predicted molar refractivity (Wildman–Crippen MR) is 272 cm³/mol. The Morgan fingerprint density at radius 3 is 1.51 bits per heavy atom. The second kappa shape index (κ2) is 42.1. The molecule has 0 saturated carbocycles. The average molecular weight is 1020 g/mol. The van der Waals surface area contributed by atoms with Crippen LogP contribution in [0, 0.1) is 0 Å². The molecule has 3 unspecified atom stereocenters. The lowest BCUT2D eigenvalue weighted by Crippen LogP contribution is -2.64. The minimum atomic E-state index is -3.73. The number of amides is 3. The Morgan fingerprint density at radius 2 is 1.11 bits per heavy atom. The van der Waals surface area contributed by atoms with Gasteiger partial charge in [-0.3, -0.25) is 23.7 Å². The Hall–Kier alpha value is -2.25. The minimum Gasteiger partial charge on any atom is -0.481 e. The molecule has 1 heterocycles. The van der Waals surface area contributed by atoms with Gasteiger partial charge in [-0.25, -0.2) is 19.6 Å². The highest BCUT2D eigenvalue weighted by Crippen LogP contribution is 2.30. The number of carbonyl (C=O) groups is 4. The van der Waals surface area contributed by atoms with Gasteiger partial charge in [-0.15, -0.1) is 0 Å². The van der Waals surface area contributed by atoms with Crippen LogP contribution in [-0.4, -0.2) is 125 Å². The van der Waals surface area contributed by atoms with Crippen molar-refractivity contribution in [2.45, 2.75) is 275 Å². The number of unbranched alkanes of at least 4 members (excludes halogenated alkanes) is 26. The van der Waals surface area contributed by atoms with Crippen LogP contribution in [0.15, 0.2) is 0 Å². The summed E-state index contributed by atoms with van der Waals surface area (Å²) in [4.78, 5) is 84.0. The molecule has 3 amide bonds. The van der Waals surface area contributed by atoms with Crippen LogP contribution in [0.5, 0.6) is 0 Å². The highest BCUT2D eigenvalue weighted by molar-refractivity contribution is 7.40. The summed E-state index contributed by atoms with van der Waals surface area (Å²) in [5.41, 5.74) is 10.3. The lowest BCUT2D eigenvalue weighted by atomic mass is 9.97. The molecule has 1 aliphatic rings. The van der Waals surface area contributed by atoms with Gasteiger partial charge >= 0.3 is 5.97 Å². The van der Waals surface area contributed by atoms with Crippen molar-refractivity contribution in [1.82, 2.24) is 10.2 Å². The van der Waals surface area contributed by atoms with E-state index in [-0.39, 0.29) is 13.2 Å². The summed E-state index contributed by atoms with van der Waals surface area (Å²) in [6.07, 6.45) is 27.4. The number of primary amides is 1. The lowest BCUT2D eigenvalue weighted by molar-refractivity contribution is -0.400. The first kappa shape index (κ1) is 65.8. The number of ether oxygens (including phenoxy) is 2. The zero-order valence-corrected chi connectivity index (χ0v) is 45.0. The fourth-order valence-corrected chi connectivity index (χ4v) is 9.51. The molecule has 8 N–H and O–H groups in total. The van der Waals surface area contributed by atoms with Gasteiger partial charge in [-0.05, 0) is 33.1 Å². The van der Waals surface area contributed by atoms with Crippen LogP contribution in [0.1, 0.15) is 221 Å². The Bertz CT molecular complexity index is 1370. The van der Waals surface area contributed by atoms with E-state index in [9.17, 15) is 38.8 Å². The zero-order chi connectivity index (χ0) is 51.9. The highest BCUT2D eigenvalue weighted by atomic mass is 31.1. The number of aliphatic hydroxyl groups excluding tert-OH is 1. The van der Waals surface area contributed by atoms with Crippen LogP contribution < -0.4 is 16.8 Å². The lowest BCUT2D eigenvalue weighted by Gasteiger charge is -2.43. The number of hydrogen-bond acceptors (Lipinski definition) is 13. The number of rotatable bonds is 47. The summed E-state index contributed by atoms with van der Waals surface area (Å²) < 4.78 is 24.3. The van der Waals surface area contributed by atoms with E-state index >= 15 is 0 Å². The number of aliphatic carboxylic acids is 1. The second-order valence-corrected chi connectivity index (χ2v) is 20.9. The summed E-state index contributed by atoms with van der Waals surface area (Å²) >= 11 is 0. The number of carbonyl (C=O) groups excluding carboxylic acids is 3. The van der Waals surface area contributed by atoms with Crippen LogP contribution in [0.2, 0.25) is 0 Å². The molecular formula is C51H99N4O14P. The van der Waals surface area contributed by atoms with Crippen molar-refractivity contribution in [2.24, 2.45) is 11.5 Å². The number of carboxylic acid groups (broad SMARTS) is 1. The van der Waals surface area contributed by atoms with Gasteiger partial charge in [0.2, 0.25) is 25.7 Å². The topological polar surface area (TPSA) is 269 Å². The molecule has 10 atom stereocenters. The van der Waals surface area contributed by atoms with E-state index in [1.165, 1.54) is 156 Å². The van der Waals surface area contributed by atoms with Gasteiger partial charge in [0.05, 0.1) is 25.4 Å². The Morgan fingerprint density at radius 1 is 0.686 bits per heavy atom. The first-order chi connectivity index (χ1) is 33.7. The molecule has 19 heteroatoms. The van der Waals surface area contributed by atoms with E-state index in [0.717, 1.165) is 49.8 Å². The summed E-state index contributed by atoms with van der Waals surface area (Å²) in [6, 6.07) is -4.11. The SMILES string of the molecule is CCCCCCCCCCCCCCCCOOC[C@H]1O[C@H](O)[C@H](N)[C@@H](OC(C)CN(C(=O)[C@H](C)NC(C)=O)[C@H](CC(C(=O)O)[PH](=O)O)C(N)=O)[C@@H]1OOCCCCCCCCCCCCCCCC. The fourth-order valence-electron chi connectivity index (χ4n) is 8.87. The Labute approximate surface area is 421 Å². The maximum atomic E-state index is 13.8. The van der Waals surface area contributed by atoms with E-state index in [2.05, 4.69) is 19.2 Å². The number of nitrogens with two attached hydrogens (primary N) is 2. The van der Waals surface area contributed by atoms with Crippen LogP contribution in [0.3, 0.4) is 0 Å². The molecule has 0 spiro atoms. The summed E-state index contributed by atoms with van der Waals surface area (Å²) in [6.45, 7) is 8.55. The van der Waals surface area contributed by atoms with Crippen molar-refractivity contribution < 1.29 is 67.9 Å². The summed E-state index contributed by atoms with van der Waals surface area (Å²) in [7, 11) is -3.73. The Balaban J connectivity index is 2.95. The second-order valence-electron chi connectivity index (χ2n) is 19.5. The normalized spacial score (nSPS) is 20.4. The summed E-state index contributed by atoms with van der Waals surface area (Å²) in [5, 5.41) is 23.1. The minimum absolute atomic E-state index is 0.191. The van der Waals surface area contributed by atoms with E-state index in [4.69, 9.17) is 40.5 Å². The van der Waals surface area contributed by atoms with Crippen molar-refractivity contribution in [3.8, 4) is 0 Å². The maximum Gasteiger partial charge on any atom is 0.316 e. The van der Waals surface area contributed by atoms with Crippen molar-refractivity contribution in [1.29, 1.82) is 0 Å². The molecule has 0 aromatic heterocycles. The van der Waals surface area contributed by atoms with E-state index < -0.39 is 99.2 Å². The number of nitrogens with zero attached hydrogens (tertiary/aromatic N) is 1. The van der Waals surface area contributed by atoms with E-state index in [1.54, 1.807) is 0 Å². The smallest absolute Gasteiger partial charge is 0.316 e. The molecule has 1 aliphatic heterocycles. The number of nitrogens with one attached hydrogen (secondary N) is 1. The molecule has 1 saturated heterocycles. The van der Waals surface area contributed by atoms with Crippen molar-refractivity contribution >= 4 is 31.7 Å². The van der Waals surface area contributed by atoms with Gasteiger partial charge in [-0.1, -0.05) is 181 Å². The first-order valence-electron chi connectivity index (χ1n) is 27.3. The van der Waals surface area contributed by atoms with Crippen molar-refractivity contribution in [3.63, 3.8) is 0 Å². The quantitative estimate of drug-likeness (QED) is 0.0144. The molecule has 70 heavy (non-hydrogen) atoms. The highest BCUT2D eigenvalue weighted by Gasteiger charge is 2.48. The molecule has 0 aromatic carbocycles. The molecule has 1 fully saturated rings. The third kappa shape index (κ3) is 30.7. The standard InChI is InChI=1S/C51H99N4O14P/c1-6-8-10-12-14-16-18-20-22-24-26-28-30-32-34-64-66-38-43-46(69-65-35-33-31-29-27-25-23-21-19-17-15-13-11-9-7-2)47(45(52)51(61)68-43)67-39(3)37-55(49(58)40(4)54-41(5)56)42(48(53)57)36-44(50(59)60)70(62)63/h39-40,42-47,51,61,70H,6-38,52H2,1-5H3,(H2,53,57)(H,54,56)(H,59,60)(H,62,63)/t39?,40-,42+,43+,44?,45+,46+,47+,51-/m0/s1. The molecule has 1 rings (SSSR count). The first-order valence-corrected chi connectivity index (χ1v) is 28.7. The number of aliphatic hydroxyl groups is 1. The number of carboxylic acids is 1. The van der Waals surface area contributed by atoms with Gasteiger partial charge < -0.3 is 46.3 Å². The molecule has 0 bridgehead atoms. The predicted octanol–water partition coefficient (Wildman–Crippen LogP) is 8.55. The average Bonchev–Trinajstić information content (AvgIpc) is 3.30. The fraction of sp³-hybridized carbons (Fsp3) is 0.922. The largest absolute Gasteiger partial charge is 0.481 e. The molecule has 0 radical (unpaired) electrons. The molecule has 18 nitrogen and oxygen atoms in total. The van der Waals surface area contributed by atoms with Crippen LogP contribution in [0.4, 0.5) is 0 Å². The van der Waals surface area contributed by atoms with Crippen molar-refractivity contribution in [2.75, 3.05) is 26.4 Å². The van der Waals surface area contributed by atoms with Crippen LogP contribution in [0.25, 0.3) is 0 Å². The van der Waals surface area contributed by atoms with Gasteiger partial charge in [0.25, 0.3) is 0 Å². The van der Waals surface area contributed by atoms with E-state index in [0.29, 0.717) is 6.61 Å². The van der Waals surface area contributed by atoms with Gasteiger partial charge in [0, 0.05) is 13.5 Å². The maximum absolute atomic E-state index is 13.8. The third-order valence-corrected chi connectivity index (χ3v) is 14.1. The zero-order valence-electron chi connectivity index (χ0n) is 44.0. The molecular weight excluding hydrogens is 924 g/mol. The van der Waals surface area contributed by atoms with Crippen LogP contribution >= 0.6 is 8.03 Å². The van der Waals surface area contributed by atoms with Crippen molar-refractivity contribution in [3.05, 3.63) is 0 Å².